The molecule has 4 atom stereocenters. The normalized spacial score (nSPS) is 23.4. The maximum atomic E-state index is 13.5. The van der Waals surface area contributed by atoms with Crippen molar-refractivity contribution in [3.8, 4) is 5.75 Å². The van der Waals surface area contributed by atoms with Crippen molar-refractivity contribution in [1.29, 1.82) is 0 Å². The number of fused-ring (bicyclic) bond motifs is 2. The van der Waals surface area contributed by atoms with Crippen molar-refractivity contribution in [3.63, 3.8) is 0 Å². The van der Waals surface area contributed by atoms with Gasteiger partial charge in [-0.2, -0.15) is 0 Å². The maximum absolute atomic E-state index is 13.5. The fraction of sp³-hybridized carbons (Fsp3) is 0.484. The Morgan fingerprint density at radius 1 is 1.07 bits per heavy atom. The number of para-hydroxylation sites is 1. The number of likely N-dealkylation sites (tertiary alicyclic amines) is 2. The van der Waals surface area contributed by atoms with Gasteiger partial charge < -0.3 is 34.3 Å². The predicted octanol–water partition coefficient (Wildman–Crippen LogP) is 4.14. The van der Waals surface area contributed by atoms with Crippen LogP contribution in [0.5, 0.6) is 5.75 Å². The molecule has 0 spiro atoms. The van der Waals surface area contributed by atoms with Crippen LogP contribution in [0.1, 0.15) is 40.5 Å². The van der Waals surface area contributed by atoms with Gasteiger partial charge in [-0.25, -0.2) is 4.79 Å². The summed E-state index contributed by atoms with van der Waals surface area (Å²) in [4.78, 5) is 34.0. The Bertz CT molecular complexity index is 1340. The summed E-state index contributed by atoms with van der Waals surface area (Å²) >= 11 is 0. The van der Waals surface area contributed by atoms with Gasteiger partial charge in [0.05, 0.1) is 31.9 Å². The van der Waals surface area contributed by atoms with E-state index in [1.807, 2.05) is 60.4 Å². The lowest BCUT2D eigenvalue weighted by Gasteiger charge is -2.25. The molecule has 2 amide bonds. The van der Waals surface area contributed by atoms with E-state index in [0.717, 1.165) is 73.3 Å². The summed E-state index contributed by atoms with van der Waals surface area (Å²) in [5.74, 6) is 1.73. The molecule has 6 rings (SSSR count). The molecule has 0 radical (unpaired) electrons. The summed E-state index contributed by atoms with van der Waals surface area (Å²) in [6, 6.07) is 15.8. The minimum atomic E-state index is -0.387. The number of nitrogens with zero attached hydrogens (tertiary/aromatic N) is 2. The van der Waals surface area contributed by atoms with Gasteiger partial charge in [-0.15, -0.1) is 0 Å². The number of H-pyrrole nitrogens is 1. The molecule has 3 unspecified atom stereocenters. The maximum Gasteiger partial charge on any atom is 0.407 e. The van der Waals surface area contributed by atoms with Crippen molar-refractivity contribution in [3.05, 3.63) is 65.4 Å². The number of rotatable bonds is 8. The average Bonchev–Trinajstić information content (AvgIpc) is 3.75. The lowest BCUT2D eigenvalue weighted by atomic mass is 10.0. The number of benzene rings is 2. The van der Waals surface area contributed by atoms with E-state index in [2.05, 4.69) is 15.2 Å². The zero-order chi connectivity index (χ0) is 27.6. The number of carbonyl (C=O) groups is 2. The molecule has 0 saturated carbocycles. The van der Waals surface area contributed by atoms with Crippen LogP contribution in [0.25, 0.3) is 10.9 Å². The van der Waals surface area contributed by atoms with E-state index in [9.17, 15) is 9.59 Å². The third kappa shape index (κ3) is 5.40. The van der Waals surface area contributed by atoms with E-state index in [4.69, 9.17) is 14.2 Å². The Kier molecular flexibility index (Phi) is 7.67. The van der Waals surface area contributed by atoms with Crippen molar-refractivity contribution >= 4 is 22.9 Å². The highest BCUT2D eigenvalue weighted by Gasteiger charge is 2.42. The van der Waals surface area contributed by atoms with Gasteiger partial charge in [-0.3, -0.25) is 4.79 Å². The van der Waals surface area contributed by atoms with Crippen molar-refractivity contribution in [1.82, 2.24) is 20.1 Å². The van der Waals surface area contributed by atoms with Crippen LogP contribution in [-0.4, -0.2) is 85.9 Å². The summed E-state index contributed by atoms with van der Waals surface area (Å²) in [5.41, 5.74) is 3.57. The molecule has 3 saturated heterocycles. The second-order valence-corrected chi connectivity index (χ2v) is 11.3. The summed E-state index contributed by atoms with van der Waals surface area (Å²) in [6.07, 6.45) is 0.975. The number of amides is 2. The Labute approximate surface area is 234 Å². The minimum Gasteiger partial charge on any atom is -0.495 e. The first-order valence-electron chi connectivity index (χ1n) is 14.3. The third-order valence-electron chi connectivity index (χ3n) is 8.73. The highest BCUT2D eigenvalue weighted by Crippen LogP contribution is 2.35. The molecule has 4 heterocycles. The van der Waals surface area contributed by atoms with Crippen LogP contribution in [0.4, 0.5) is 4.79 Å². The van der Waals surface area contributed by atoms with Gasteiger partial charge in [0.25, 0.3) is 5.91 Å². The van der Waals surface area contributed by atoms with Gasteiger partial charge in [-0.1, -0.05) is 42.5 Å². The van der Waals surface area contributed by atoms with Gasteiger partial charge in [-0.05, 0) is 42.4 Å². The van der Waals surface area contributed by atoms with E-state index >= 15 is 0 Å². The first-order chi connectivity index (χ1) is 19.5. The number of methoxy groups -OCH3 is 1. The second-order valence-electron chi connectivity index (χ2n) is 11.3. The summed E-state index contributed by atoms with van der Waals surface area (Å²) in [6.45, 7) is 7.42. The molecule has 2 N–H and O–H groups in total. The largest absolute Gasteiger partial charge is 0.495 e. The third-order valence-corrected chi connectivity index (χ3v) is 8.73. The quantitative estimate of drug-likeness (QED) is 0.441. The molecule has 3 fully saturated rings. The molecular weight excluding hydrogens is 508 g/mol. The number of hydrogen-bond donors (Lipinski definition) is 2. The molecular formula is C31H38N4O5. The highest BCUT2D eigenvalue weighted by atomic mass is 16.6. The van der Waals surface area contributed by atoms with Crippen LogP contribution in [0.3, 0.4) is 0 Å². The van der Waals surface area contributed by atoms with Crippen LogP contribution in [-0.2, 0) is 9.47 Å². The molecule has 9 nitrogen and oxygen atoms in total. The predicted molar refractivity (Wildman–Crippen MR) is 152 cm³/mol. The highest BCUT2D eigenvalue weighted by molar-refractivity contribution is 6.02. The number of nitrogens with one attached hydrogen (secondary N) is 2. The fourth-order valence-corrected chi connectivity index (χ4v) is 6.56. The van der Waals surface area contributed by atoms with Crippen LogP contribution >= 0.6 is 0 Å². The number of alkyl carbamates (subject to hydrolysis) is 1. The number of aromatic nitrogens is 1. The number of ether oxygens (including phenoxy) is 3. The van der Waals surface area contributed by atoms with Gasteiger partial charge in [0.1, 0.15) is 17.5 Å². The van der Waals surface area contributed by atoms with Crippen LogP contribution in [0.15, 0.2) is 48.5 Å². The molecule has 0 bridgehead atoms. The van der Waals surface area contributed by atoms with Gasteiger partial charge in [0.2, 0.25) is 0 Å². The molecule has 3 aliphatic rings. The van der Waals surface area contributed by atoms with E-state index in [0.29, 0.717) is 30.7 Å². The van der Waals surface area contributed by atoms with E-state index in [1.54, 1.807) is 7.11 Å². The minimum absolute atomic E-state index is 0.0659. The molecule has 3 aliphatic heterocycles. The lowest BCUT2D eigenvalue weighted by Crippen LogP contribution is -2.36. The summed E-state index contributed by atoms with van der Waals surface area (Å²) < 4.78 is 16.4. The molecule has 0 aliphatic carbocycles. The van der Waals surface area contributed by atoms with Crippen molar-refractivity contribution in [2.45, 2.75) is 31.9 Å². The molecule has 9 heteroatoms. The average molecular weight is 547 g/mol. The lowest BCUT2D eigenvalue weighted by molar-refractivity contribution is 0.0768. The van der Waals surface area contributed by atoms with Gasteiger partial charge >= 0.3 is 6.09 Å². The number of aryl methyl sites for hydroxylation is 1. The topological polar surface area (TPSA) is 96.1 Å². The van der Waals surface area contributed by atoms with Crippen LogP contribution < -0.4 is 10.1 Å². The number of aromatic amines is 1. The van der Waals surface area contributed by atoms with Crippen molar-refractivity contribution in [2.75, 3.05) is 53.0 Å². The van der Waals surface area contributed by atoms with E-state index in [-0.39, 0.29) is 24.1 Å². The first-order valence-corrected chi connectivity index (χ1v) is 14.3. The van der Waals surface area contributed by atoms with Crippen molar-refractivity contribution < 1.29 is 23.8 Å². The van der Waals surface area contributed by atoms with Gasteiger partial charge in [0.15, 0.2) is 0 Å². The fourth-order valence-electron chi connectivity index (χ4n) is 6.56. The van der Waals surface area contributed by atoms with Crippen LogP contribution in [0, 0.1) is 18.8 Å². The molecule has 2 aromatic carbocycles. The van der Waals surface area contributed by atoms with E-state index in [1.165, 1.54) is 0 Å². The monoisotopic (exact) mass is 546 g/mol. The van der Waals surface area contributed by atoms with Crippen molar-refractivity contribution in [2.24, 2.45) is 11.8 Å². The summed E-state index contributed by atoms with van der Waals surface area (Å²) in [5, 5.41) is 4.11. The Morgan fingerprint density at radius 3 is 2.55 bits per heavy atom. The standard InChI is InChI=1S/C31H38N4O5/c1-20-25-9-6-10-27(38-2)29(25)33-28(20)30(36)35-17-22-15-34(16-23(22)18-35)13-11-26(21-7-4-3-5-8-21)32-31(37)40-24-12-14-39-19-24/h3-10,22-24,26,33H,11-19H2,1-2H3,(H,32,37)/t22-,23?,24?,26?/m0/s1. The smallest absolute Gasteiger partial charge is 0.407 e. The molecule has 40 heavy (non-hydrogen) atoms. The zero-order valence-corrected chi connectivity index (χ0v) is 23.2. The Hall–Kier alpha value is -3.56. The van der Waals surface area contributed by atoms with Crippen LogP contribution in [0.2, 0.25) is 0 Å². The zero-order valence-electron chi connectivity index (χ0n) is 23.2. The number of carbonyl (C=O) groups excluding carboxylic acids is 2. The van der Waals surface area contributed by atoms with E-state index < -0.39 is 0 Å². The second kappa shape index (κ2) is 11.5. The molecule has 3 aromatic rings. The molecule has 1 aromatic heterocycles. The Morgan fingerprint density at radius 2 is 1.85 bits per heavy atom. The SMILES string of the molecule is COc1cccc2c(C)c(C(=O)N3CC4CN(CCC(NC(=O)OC5CCOC5)c5ccccc5)C[C@H]4C3)[nH]c12. The number of hydrogen-bond acceptors (Lipinski definition) is 6. The first kappa shape index (κ1) is 26.7. The summed E-state index contributed by atoms with van der Waals surface area (Å²) in [7, 11) is 1.65. The Balaban J connectivity index is 1.05. The van der Waals surface area contributed by atoms with Gasteiger partial charge in [0, 0.05) is 44.5 Å². The molecule has 212 valence electrons.